The van der Waals surface area contributed by atoms with Crippen LogP contribution in [0.4, 0.5) is 4.79 Å². The Morgan fingerprint density at radius 3 is 3.00 bits per heavy atom. The van der Waals surface area contributed by atoms with Crippen molar-refractivity contribution in [2.24, 2.45) is 0 Å². The summed E-state index contributed by atoms with van der Waals surface area (Å²) in [6.07, 6.45) is 2.55. The van der Waals surface area contributed by atoms with E-state index < -0.39 is 0 Å². The lowest BCUT2D eigenvalue weighted by molar-refractivity contribution is -0.0878. The molecule has 1 aromatic carbocycles. The van der Waals surface area contributed by atoms with Crippen molar-refractivity contribution in [3.8, 4) is 0 Å². The lowest BCUT2D eigenvalue weighted by atomic mass is 9.90. The molecule has 25 heavy (non-hydrogen) atoms. The summed E-state index contributed by atoms with van der Waals surface area (Å²) in [7, 11) is 0. The predicted molar refractivity (Wildman–Crippen MR) is 93.5 cm³/mol. The number of fused-ring (bicyclic) bond motifs is 1. The summed E-state index contributed by atoms with van der Waals surface area (Å²) in [6, 6.07) is 7.86. The molecule has 2 amide bonds. The second-order valence-corrected chi connectivity index (χ2v) is 7.00. The molecule has 134 valence electrons. The largest absolute Gasteiger partial charge is 0.459 e. The highest BCUT2D eigenvalue weighted by Crippen LogP contribution is 2.32. The van der Waals surface area contributed by atoms with Crippen molar-refractivity contribution in [2.75, 3.05) is 19.8 Å². The minimum atomic E-state index is -0.203. The number of urea groups is 1. The molecule has 2 aromatic rings. The van der Waals surface area contributed by atoms with E-state index in [-0.39, 0.29) is 17.7 Å². The standard InChI is InChI=1S/C19H24N2O4/c1-13-15-4-2-3-5-16(15)25-17(13)11-20-18(22)21-14-6-8-24-19(10-14)7-9-23-12-19/h2-5,14H,6-12H2,1H3,(H2,20,21,22)/t14-,19-/m1/s1. The van der Waals surface area contributed by atoms with Crippen molar-refractivity contribution in [3.63, 3.8) is 0 Å². The Hall–Kier alpha value is -2.05. The van der Waals surface area contributed by atoms with Gasteiger partial charge in [-0.15, -0.1) is 0 Å². The molecule has 4 rings (SSSR count). The van der Waals surface area contributed by atoms with Crippen LogP contribution in [-0.2, 0) is 16.0 Å². The number of furan rings is 1. The molecule has 0 radical (unpaired) electrons. The Kier molecular flexibility index (Phi) is 4.39. The molecule has 2 saturated heterocycles. The zero-order chi connectivity index (χ0) is 17.3. The van der Waals surface area contributed by atoms with Gasteiger partial charge in [-0.3, -0.25) is 0 Å². The SMILES string of the molecule is Cc1c(CNC(=O)N[C@@H]2CCO[C@]3(CCOC3)C2)oc2ccccc12. The van der Waals surface area contributed by atoms with Crippen molar-refractivity contribution >= 4 is 17.0 Å². The van der Waals surface area contributed by atoms with Crippen LogP contribution in [0.5, 0.6) is 0 Å². The van der Waals surface area contributed by atoms with Crippen molar-refractivity contribution in [2.45, 2.75) is 44.4 Å². The summed E-state index contributed by atoms with van der Waals surface area (Å²) in [6.45, 7) is 4.43. The maximum absolute atomic E-state index is 12.3. The normalized spacial score (nSPS) is 26.2. The van der Waals surface area contributed by atoms with Gasteiger partial charge in [-0.2, -0.15) is 0 Å². The smallest absolute Gasteiger partial charge is 0.315 e. The molecule has 1 spiro atoms. The molecule has 6 nitrogen and oxygen atoms in total. The minimum absolute atomic E-state index is 0.118. The van der Waals surface area contributed by atoms with Gasteiger partial charge in [0, 0.05) is 36.6 Å². The number of hydrogen-bond acceptors (Lipinski definition) is 4. The molecule has 0 unspecified atom stereocenters. The van der Waals surface area contributed by atoms with Crippen LogP contribution in [0.25, 0.3) is 11.0 Å². The highest BCUT2D eigenvalue weighted by Gasteiger charge is 2.41. The molecule has 2 N–H and O–H groups in total. The molecular weight excluding hydrogens is 320 g/mol. The molecule has 2 aliphatic rings. The molecule has 0 aliphatic carbocycles. The second-order valence-electron chi connectivity index (χ2n) is 7.00. The Morgan fingerprint density at radius 2 is 2.20 bits per heavy atom. The first-order valence-corrected chi connectivity index (χ1v) is 8.88. The van der Waals surface area contributed by atoms with Gasteiger partial charge in [-0.05, 0) is 25.8 Å². The van der Waals surface area contributed by atoms with E-state index in [0.717, 1.165) is 48.2 Å². The van der Waals surface area contributed by atoms with Gasteiger partial charge in [0.2, 0.25) is 0 Å². The number of para-hydroxylation sites is 1. The van der Waals surface area contributed by atoms with Crippen LogP contribution in [0.15, 0.2) is 28.7 Å². The fraction of sp³-hybridized carbons (Fsp3) is 0.526. The van der Waals surface area contributed by atoms with E-state index in [0.29, 0.717) is 19.8 Å². The van der Waals surface area contributed by atoms with Gasteiger partial charge >= 0.3 is 6.03 Å². The molecule has 2 aliphatic heterocycles. The Morgan fingerprint density at radius 1 is 1.32 bits per heavy atom. The lowest BCUT2D eigenvalue weighted by Gasteiger charge is -2.37. The highest BCUT2D eigenvalue weighted by molar-refractivity contribution is 5.82. The van der Waals surface area contributed by atoms with Gasteiger partial charge < -0.3 is 24.5 Å². The Bertz CT molecular complexity index is 764. The van der Waals surface area contributed by atoms with Crippen LogP contribution in [-0.4, -0.2) is 37.5 Å². The highest BCUT2D eigenvalue weighted by atomic mass is 16.6. The summed E-state index contributed by atoms with van der Waals surface area (Å²) in [5.41, 5.74) is 1.72. The van der Waals surface area contributed by atoms with Crippen LogP contribution < -0.4 is 10.6 Å². The number of rotatable bonds is 3. The van der Waals surface area contributed by atoms with Crippen molar-refractivity contribution < 1.29 is 18.7 Å². The third-order valence-electron chi connectivity index (χ3n) is 5.25. The summed E-state index contributed by atoms with van der Waals surface area (Å²) >= 11 is 0. The van der Waals surface area contributed by atoms with E-state index in [4.69, 9.17) is 13.9 Å². The topological polar surface area (TPSA) is 72.7 Å². The molecule has 2 atom stereocenters. The second kappa shape index (κ2) is 6.69. The maximum Gasteiger partial charge on any atom is 0.315 e. The molecule has 3 heterocycles. The van der Waals surface area contributed by atoms with Gasteiger partial charge in [0.1, 0.15) is 11.3 Å². The number of aryl methyl sites for hydroxylation is 1. The Labute approximate surface area is 146 Å². The van der Waals surface area contributed by atoms with Gasteiger partial charge in [0.05, 0.1) is 18.8 Å². The fourth-order valence-corrected chi connectivity index (χ4v) is 3.80. The summed E-state index contributed by atoms with van der Waals surface area (Å²) in [5.74, 6) is 0.795. The third kappa shape index (κ3) is 3.37. The van der Waals surface area contributed by atoms with Gasteiger partial charge in [0.15, 0.2) is 0 Å². The van der Waals surface area contributed by atoms with E-state index in [1.54, 1.807) is 0 Å². The van der Waals surface area contributed by atoms with Crippen molar-refractivity contribution in [3.05, 3.63) is 35.6 Å². The van der Waals surface area contributed by atoms with Crippen LogP contribution in [0.3, 0.4) is 0 Å². The van der Waals surface area contributed by atoms with Crippen LogP contribution in [0, 0.1) is 6.92 Å². The lowest BCUT2D eigenvalue weighted by Crippen LogP contribution is -2.51. The number of carbonyl (C=O) groups excluding carboxylic acids is 1. The van der Waals surface area contributed by atoms with E-state index in [1.807, 2.05) is 31.2 Å². The average molecular weight is 344 g/mol. The minimum Gasteiger partial charge on any atom is -0.459 e. The molecule has 2 fully saturated rings. The van der Waals surface area contributed by atoms with Gasteiger partial charge in [-0.1, -0.05) is 18.2 Å². The first kappa shape index (κ1) is 16.4. The third-order valence-corrected chi connectivity index (χ3v) is 5.25. The predicted octanol–water partition coefficient (Wildman–Crippen LogP) is 2.88. The molecule has 0 bridgehead atoms. The van der Waals surface area contributed by atoms with Crippen LogP contribution >= 0.6 is 0 Å². The molecular formula is C19H24N2O4. The number of hydrogen-bond donors (Lipinski definition) is 2. The van der Waals surface area contributed by atoms with Crippen LogP contribution in [0.1, 0.15) is 30.6 Å². The van der Waals surface area contributed by atoms with Crippen molar-refractivity contribution in [1.29, 1.82) is 0 Å². The van der Waals surface area contributed by atoms with E-state index in [1.165, 1.54) is 0 Å². The average Bonchev–Trinajstić information content (AvgIpc) is 3.18. The molecule has 1 aromatic heterocycles. The summed E-state index contributed by atoms with van der Waals surface area (Å²) in [4.78, 5) is 12.3. The number of amides is 2. The quantitative estimate of drug-likeness (QED) is 0.898. The Balaban J connectivity index is 1.33. The summed E-state index contributed by atoms with van der Waals surface area (Å²) in [5, 5.41) is 7.07. The number of carbonyl (C=O) groups is 1. The fourth-order valence-electron chi connectivity index (χ4n) is 3.80. The summed E-state index contributed by atoms with van der Waals surface area (Å²) < 4.78 is 17.2. The number of ether oxygens (including phenoxy) is 2. The monoisotopic (exact) mass is 344 g/mol. The molecule has 6 heteroatoms. The first-order chi connectivity index (χ1) is 12.2. The van der Waals surface area contributed by atoms with Gasteiger partial charge in [-0.25, -0.2) is 4.79 Å². The van der Waals surface area contributed by atoms with Crippen LogP contribution in [0.2, 0.25) is 0 Å². The number of nitrogens with one attached hydrogen (secondary N) is 2. The van der Waals surface area contributed by atoms with E-state index >= 15 is 0 Å². The van der Waals surface area contributed by atoms with Crippen molar-refractivity contribution in [1.82, 2.24) is 10.6 Å². The first-order valence-electron chi connectivity index (χ1n) is 8.88. The number of benzene rings is 1. The van der Waals surface area contributed by atoms with E-state index in [9.17, 15) is 4.79 Å². The maximum atomic E-state index is 12.3. The zero-order valence-corrected chi connectivity index (χ0v) is 14.5. The van der Waals surface area contributed by atoms with E-state index in [2.05, 4.69) is 10.6 Å². The zero-order valence-electron chi connectivity index (χ0n) is 14.5. The van der Waals surface area contributed by atoms with Gasteiger partial charge in [0.25, 0.3) is 0 Å². The molecule has 0 saturated carbocycles.